The van der Waals surface area contributed by atoms with Gasteiger partial charge < -0.3 is 0 Å². The molecule has 0 amide bonds. The SMILES string of the molecule is Fc1ccc(F)c(-c2csc(-c3cccc(Br)c3)n2)c1. The molecule has 0 aliphatic heterocycles. The van der Waals surface area contributed by atoms with E-state index in [0.717, 1.165) is 33.2 Å². The van der Waals surface area contributed by atoms with Crippen molar-refractivity contribution in [3.05, 3.63) is 64.0 Å². The van der Waals surface area contributed by atoms with Crippen molar-refractivity contribution >= 4 is 27.3 Å². The van der Waals surface area contributed by atoms with Gasteiger partial charge in [-0.1, -0.05) is 28.1 Å². The predicted molar refractivity (Wildman–Crippen MR) is 80.6 cm³/mol. The maximum absolute atomic E-state index is 13.7. The van der Waals surface area contributed by atoms with Crippen LogP contribution in [0.5, 0.6) is 0 Å². The van der Waals surface area contributed by atoms with E-state index in [1.165, 1.54) is 11.3 Å². The minimum absolute atomic E-state index is 0.183. The number of halogens is 3. The van der Waals surface area contributed by atoms with Gasteiger partial charge in [0.1, 0.15) is 16.6 Å². The molecule has 5 heteroatoms. The topological polar surface area (TPSA) is 12.9 Å². The second kappa shape index (κ2) is 5.42. The Morgan fingerprint density at radius 1 is 1.05 bits per heavy atom. The lowest BCUT2D eigenvalue weighted by atomic mass is 10.1. The molecular weight excluding hydrogens is 344 g/mol. The Hall–Kier alpha value is -1.59. The Kier molecular flexibility index (Phi) is 3.63. The molecule has 0 atom stereocenters. The molecule has 2 aromatic carbocycles. The molecule has 1 heterocycles. The van der Waals surface area contributed by atoms with Crippen LogP contribution in [0.3, 0.4) is 0 Å². The minimum Gasteiger partial charge on any atom is -0.236 e. The average molecular weight is 352 g/mol. The van der Waals surface area contributed by atoms with Gasteiger partial charge in [-0.05, 0) is 30.3 Å². The fourth-order valence-corrected chi connectivity index (χ4v) is 3.06. The third-order valence-electron chi connectivity index (χ3n) is 2.78. The number of nitrogens with zero attached hydrogens (tertiary/aromatic N) is 1. The molecule has 0 unspecified atom stereocenters. The van der Waals surface area contributed by atoms with Crippen molar-refractivity contribution in [3.8, 4) is 21.8 Å². The van der Waals surface area contributed by atoms with Crippen molar-refractivity contribution in [1.29, 1.82) is 0 Å². The molecule has 0 spiro atoms. The molecule has 20 heavy (non-hydrogen) atoms. The highest BCUT2D eigenvalue weighted by atomic mass is 79.9. The smallest absolute Gasteiger partial charge is 0.132 e. The first kappa shape index (κ1) is 13.4. The summed E-state index contributed by atoms with van der Waals surface area (Å²) >= 11 is 4.80. The first-order valence-electron chi connectivity index (χ1n) is 5.80. The van der Waals surface area contributed by atoms with Gasteiger partial charge in [-0.25, -0.2) is 13.8 Å². The molecule has 0 bridgehead atoms. The second-order valence-corrected chi connectivity index (χ2v) is 5.95. The Balaban J connectivity index is 2.04. The van der Waals surface area contributed by atoms with Crippen molar-refractivity contribution in [2.75, 3.05) is 0 Å². The normalized spacial score (nSPS) is 10.8. The highest BCUT2D eigenvalue weighted by Crippen LogP contribution is 2.31. The van der Waals surface area contributed by atoms with E-state index >= 15 is 0 Å². The first-order valence-corrected chi connectivity index (χ1v) is 7.47. The Labute approximate surface area is 127 Å². The van der Waals surface area contributed by atoms with Crippen molar-refractivity contribution in [2.45, 2.75) is 0 Å². The Morgan fingerprint density at radius 3 is 2.70 bits per heavy atom. The van der Waals surface area contributed by atoms with Gasteiger partial charge in [0.2, 0.25) is 0 Å². The molecule has 0 saturated carbocycles. The average Bonchev–Trinajstić information content (AvgIpc) is 2.91. The standard InChI is InChI=1S/C15H8BrF2NS/c16-10-3-1-2-9(6-10)15-19-14(8-20-15)12-7-11(17)4-5-13(12)18/h1-8H. The number of hydrogen-bond acceptors (Lipinski definition) is 2. The molecule has 100 valence electrons. The highest BCUT2D eigenvalue weighted by molar-refractivity contribution is 9.10. The molecule has 3 aromatic rings. The Bertz CT molecular complexity index is 770. The van der Waals surface area contributed by atoms with Gasteiger partial charge in [-0.15, -0.1) is 11.3 Å². The van der Waals surface area contributed by atoms with Crippen LogP contribution in [0.4, 0.5) is 8.78 Å². The maximum Gasteiger partial charge on any atom is 0.132 e. The van der Waals surface area contributed by atoms with E-state index in [-0.39, 0.29) is 5.56 Å². The quantitative estimate of drug-likeness (QED) is 0.592. The Morgan fingerprint density at radius 2 is 1.90 bits per heavy atom. The maximum atomic E-state index is 13.7. The molecule has 1 aromatic heterocycles. The van der Waals surface area contributed by atoms with Gasteiger partial charge in [-0.2, -0.15) is 0 Å². The van der Waals surface area contributed by atoms with Crippen LogP contribution in [0.15, 0.2) is 52.3 Å². The van der Waals surface area contributed by atoms with Crippen molar-refractivity contribution in [1.82, 2.24) is 4.98 Å². The van der Waals surface area contributed by atoms with E-state index in [4.69, 9.17) is 0 Å². The summed E-state index contributed by atoms with van der Waals surface area (Å²) < 4.78 is 27.9. The third kappa shape index (κ3) is 2.64. The monoisotopic (exact) mass is 351 g/mol. The van der Waals surface area contributed by atoms with E-state index in [1.807, 2.05) is 24.3 Å². The molecule has 3 rings (SSSR count). The molecule has 0 aliphatic rings. The van der Waals surface area contributed by atoms with Crippen LogP contribution in [0, 0.1) is 11.6 Å². The van der Waals surface area contributed by atoms with E-state index in [2.05, 4.69) is 20.9 Å². The fraction of sp³-hybridized carbons (Fsp3) is 0. The van der Waals surface area contributed by atoms with Crippen LogP contribution in [-0.4, -0.2) is 4.98 Å². The summed E-state index contributed by atoms with van der Waals surface area (Å²) in [4.78, 5) is 4.38. The zero-order valence-electron chi connectivity index (χ0n) is 10.1. The van der Waals surface area contributed by atoms with E-state index in [1.54, 1.807) is 5.38 Å². The number of rotatable bonds is 2. The van der Waals surface area contributed by atoms with Crippen molar-refractivity contribution in [3.63, 3.8) is 0 Å². The number of benzene rings is 2. The third-order valence-corrected chi connectivity index (χ3v) is 4.16. The molecule has 0 saturated heterocycles. The molecule has 0 fully saturated rings. The van der Waals surface area contributed by atoms with Gasteiger partial charge in [0.25, 0.3) is 0 Å². The molecule has 1 nitrogen and oxygen atoms in total. The zero-order chi connectivity index (χ0) is 14.1. The van der Waals surface area contributed by atoms with E-state index in [9.17, 15) is 8.78 Å². The largest absolute Gasteiger partial charge is 0.236 e. The van der Waals surface area contributed by atoms with Crippen LogP contribution in [0.25, 0.3) is 21.8 Å². The first-order chi connectivity index (χ1) is 9.63. The summed E-state index contributed by atoms with van der Waals surface area (Å²) in [6, 6.07) is 11.1. The highest BCUT2D eigenvalue weighted by Gasteiger charge is 2.11. The molecule has 0 N–H and O–H groups in total. The van der Waals surface area contributed by atoms with Gasteiger partial charge in [0.05, 0.1) is 5.69 Å². The summed E-state index contributed by atoms with van der Waals surface area (Å²) in [5.41, 5.74) is 1.57. The van der Waals surface area contributed by atoms with E-state index in [0.29, 0.717) is 5.69 Å². The summed E-state index contributed by atoms with van der Waals surface area (Å²) in [5.74, 6) is -0.948. The van der Waals surface area contributed by atoms with Crippen LogP contribution in [0.1, 0.15) is 0 Å². The van der Waals surface area contributed by atoms with Crippen LogP contribution < -0.4 is 0 Å². The van der Waals surface area contributed by atoms with Gasteiger partial charge in [0, 0.05) is 21.0 Å². The summed E-state index contributed by atoms with van der Waals surface area (Å²) in [7, 11) is 0. The summed E-state index contributed by atoms with van der Waals surface area (Å²) in [6.45, 7) is 0. The number of thiazole rings is 1. The van der Waals surface area contributed by atoms with Gasteiger partial charge >= 0.3 is 0 Å². The van der Waals surface area contributed by atoms with Crippen LogP contribution in [0.2, 0.25) is 0 Å². The fourth-order valence-electron chi connectivity index (χ4n) is 1.85. The lowest BCUT2D eigenvalue weighted by Crippen LogP contribution is -1.86. The molecule has 0 aliphatic carbocycles. The van der Waals surface area contributed by atoms with E-state index < -0.39 is 11.6 Å². The van der Waals surface area contributed by atoms with Crippen molar-refractivity contribution in [2.24, 2.45) is 0 Å². The summed E-state index contributed by atoms with van der Waals surface area (Å²) in [6.07, 6.45) is 0. The second-order valence-electron chi connectivity index (χ2n) is 4.17. The van der Waals surface area contributed by atoms with Crippen LogP contribution in [-0.2, 0) is 0 Å². The molecule has 0 radical (unpaired) electrons. The lowest BCUT2D eigenvalue weighted by molar-refractivity contribution is 0.603. The van der Waals surface area contributed by atoms with Gasteiger partial charge in [0.15, 0.2) is 0 Å². The molecular formula is C15H8BrF2NS. The van der Waals surface area contributed by atoms with Crippen LogP contribution >= 0.6 is 27.3 Å². The lowest BCUT2D eigenvalue weighted by Gasteiger charge is -2.00. The zero-order valence-corrected chi connectivity index (χ0v) is 12.5. The predicted octanol–water partition coefficient (Wildman–Crippen LogP) is 5.52. The minimum atomic E-state index is -0.475. The number of hydrogen-bond donors (Lipinski definition) is 0. The number of aromatic nitrogens is 1. The van der Waals surface area contributed by atoms with Crippen molar-refractivity contribution < 1.29 is 8.78 Å². The van der Waals surface area contributed by atoms with Gasteiger partial charge in [-0.3, -0.25) is 0 Å². The summed E-state index contributed by atoms with van der Waals surface area (Å²) in [5, 5.41) is 2.50.